The number of carbonyl (C=O) groups is 2. The van der Waals surface area contributed by atoms with Crippen molar-refractivity contribution in [3.8, 4) is 0 Å². The molecule has 1 aromatic carbocycles. The molecular formula is C12H8BrIN2O2S. The third-order valence-corrected chi connectivity index (χ3v) is 4.59. The Morgan fingerprint density at radius 1 is 1.26 bits per heavy atom. The Bertz CT molecular complexity index is 657. The molecule has 1 heterocycles. The van der Waals surface area contributed by atoms with Gasteiger partial charge in [0.25, 0.3) is 11.8 Å². The third kappa shape index (κ3) is 3.34. The molecule has 1 aromatic heterocycles. The lowest BCUT2D eigenvalue weighted by Crippen LogP contribution is -2.17. The molecule has 0 saturated heterocycles. The lowest BCUT2D eigenvalue weighted by molar-refractivity contribution is 0.100. The molecule has 0 saturated carbocycles. The average molecular weight is 451 g/mol. The van der Waals surface area contributed by atoms with E-state index in [1.165, 1.54) is 11.3 Å². The number of nitrogens with two attached hydrogens (primary N) is 1. The Morgan fingerprint density at radius 3 is 2.68 bits per heavy atom. The number of hydrogen-bond donors (Lipinski definition) is 2. The van der Waals surface area contributed by atoms with Crippen molar-refractivity contribution in [1.29, 1.82) is 0 Å². The van der Waals surface area contributed by atoms with E-state index in [1.807, 2.05) is 12.1 Å². The van der Waals surface area contributed by atoms with E-state index in [0.29, 0.717) is 16.1 Å². The minimum Gasteiger partial charge on any atom is -0.366 e. The summed E-state index contributed by atoms with van der Waals surface area (Å²) < 4.78 is 1.65. The average Bonchev–Trinajstić information content (AvgIpc) is 2.80. The van der Waals surface area contributed by atoms with Gasteiger partial charge in [-0.2, -0.15) is 0 Å². The van der Waals surface area contributed by atoms with Crippen LogP contribution in [-0.4, -0.2) is 11.8 Å². The fourth-order valence-electron chi connectivity index (χ4n) is 1.44. The standard InChI is InChI=1S/C12H8BrIN2O2S/c13-6-1-2-9(14)8(5-6)11(18)16-12-7(10(15)17)3-4-19-12/h1-5H,(H2,15,17)(H,16,18). The zero-order valence-corrected chi connectivity index (χ0v) is 14.0. The summed E-state index contributed by atoms with van der Waals surface area (Å²) in [6.45, 7) is 0. The maximum Gasteiger partial charge on any atom is 0.257 e. The molecule has 0 spiro atoms. The number of amides is 2. The molecule has 98 valence electrons. The summed E-state index contributed by atoms with van der Waals surface area (Å²) >= 11 is 6.68. The molecule has 0 unspecified atom stereocenters. The minimum absolute atomic E-state index is 0.268. The fourth-order valence-corrected chi connectivity index (χ4v) is 3.17. The number of benzene rings is 1. The van der Waals surface area contributed by atoms with Crippen molar-refractivity contribution in [3.63, 3.8) is 0 Å². The predicted molar refractivity (Wildman–Crippen MR) is 87.6 cm³/mol. The Labute approximate surface area is 135 Å². The summed E-state index contributed by atoms with van der Waals surface area (Å²) in [5.41, 5.74) is 6.10. The van der Waals surface area contributed by atoms with Gasteiger partial charge < -0.3 is 11.1 Å². The van der Waals surface area contributed by atoms with Crippen molar-refractivity contribution < 1.29 is 9.59 Å². The van der Waals surface area contributed by atoms with Gasteiger partial charge >= 0.3 is 0 Å². The highest BCUT2D eigenvalue weighted by Gasteiger charge is 2.15. The molecule has 0 atom stereocenters. The van der Waals surface area contributed by atoms with Crippen LogP contribution in [0, 0.1) is 3.57 Å². The minimum atomic E-state index is -0.555. The van der Waals surface area contributed by atoms with Crippen molar-refractivity contribution in [2.24, 2.45) is 5.73 Å². The van der Waals surface area contributed by atoms with E-state index in [4.69, 9.17) is 5.73 Å². The van der Waals surface area contributed by atoms with E-state index in [-0.39, 0.29) is 5.91 Å². The second-order valence-corrected chi connectivity index (χ2v) is 6.60. The number of nitrogens with one attached hydrogen (secondary N) is 1. The molecule has 2 rings (SSSR count). The Morgan fingerprint density at radius 2 is 2.00 bits per heavy atom. The van der Waals surface area contributed by atoms with Crippen molar-refractivity contribution in [3.05, 3.63) is 48.8 Å². The maximum atomic E-state index is 12.2. The van der Waals surface area contributed by atoms with E-state index in [2.05, 4.69) is 43.8 Å². The van der Waals surface area contributed by atoms with Crippen LogP contribution in [-0.2, 0) is 0 Å². The first-order chi connectivity index (χ1) is 8.99. The molecular weight excluding hydrogens is 443 g/mol. The summed E-state index contributed by atoms with van der Waals surface area (Å²) in [6.07, 6.45) is 0. The number of halogens is 2. The van der Waals surface area contributed by atoms with E-state index in [0.717, 1.165) is 8.04 Å². The molecule has 2 aromatic rings. The predicted octanol–water partition coefficient (Wildman–Crippen LogP) is 3.47. The lowest BCUT2D eigenvalue weighted by Gasteiger charge is -2.07. The van der Waals surface area contributed by atoms with Crippen LogP contribution in [0.4, 0.5) is 5.00 Å². The van der Waals surface area contributed by atoms with Crippen LogP contribution < -0.4 is 11.1 Å². The van der Waals surface area contributed by atoms with Gasteiger partial charge in [-0.15, -0.1) is 11.3 Å². The number of primary amides is 1. The van der Waals surface area contributed by atoms with Crippen molar-refractivity contribution >= 4 is 66.7 Å². The quantitative estimate of drug-likeness (QED) is 0.703. The molecule has 0 aliphatic heterocycles. The second kappa shape index (κ2) is 6.02. The van der Waals surface area contributed by atoms with Crippen molar-refractivity contribution in [2.45, 2.75) is 0 Å². The van der Waals surface area contributed by atoms with Gasteiger partial charge in [0, 0.05) is 8.04 Å². The van der Waals surface area contributed by atoms with Crippen molar-refractivity contribution in [2.75, 3.05) is 5.32 Å². The van der Waals surface area contributed by atoms with E-state index in [9.17, 15) is 9.59 Å². The van der Waals surface area contributed by atoms with Crippen LogP contribution in [0.3, 0.4) is 0 Å². The number of carbonyl (C=O) groups excluding carboxylic acids is 2. The van der Waals surface area contributed by atoms with Gasteiger partial charge in [-0.05, 0) is 52.2 Å². The highest BCUT2D eigenvalue weighted by Crippen LogP contribution is 2.25. The highest BCUT2D eigenvalue weighted by atomic mass is 127. The van der Waals surface area contributed by atoms with Gasteiger partial charge in [0.15, 0.2) is 0 Å². The Balaban J connectivity index is 2.28. The van der Waals surface area contributed by atoms with E-state index >= 15 is 0 Å². The summed E-state index contributed by atoms with van der Waals surface area (Å²) in [4.78, 5) is 23.4. The molecule has 2 amide bonds. The summed E-state index contributed by atoms with van der Waals surface area (Å²) in [5.74, 6) is -0.823. The molecule has 0 radical (unpaired) electrons. The second-order valence-electron chi connectivity index (χ2n) is 3.61. The maximum absolute atomic E-state index is 12.2. The third-order valence-electron chi connectivity index (χ3n) is 2.33. The van der Waals surface area contributed by atoms with Gasteiger partial charge in [0.05, 0.1) is 11.1 Å². The largest absolute Gasteiger partial charge is 0.366 e. The highest BCUT2D eigenvalue weighted by molar-refractivity contribution is 14.1. The van der Waals surface area contributed by atoms with Gasteiger partial charge in [0.1, 0.15) is 5.00 Å². The van der Waals surface area contributed by atoms with Crippen LogP contribution in [0.5, 0.6) is 0 Å². The van der Waals surface area contributed by atoms with Crippen LogP contribution in [0.25, 0.3) is 0 Å². The first-order valence-electron chi connectivity index (χ1n) is 5.12. The normalized spacial score (nSPS) is 10.2. The van der Waals surface area contributed by atoms with E-state index in [1.54, 1.807) is 17.5 Å². The number of rotatable bonds is 3. The molecule has 0 fully saturated rings. The SMILES string of the molecule is NC(=O)c1ccsc1NC(=O)c1cc(Br)ccc1I. The van der Waals surface area contributed by atoms with Crippen LogP contribution in [0.1, 0.15) is 20.7 Å². The number of hydrogen-bond acceptors (Lipinski definition) is 3. The first kappa shape index (κ1) is 14.5. The molecule has 0 aliphatic rings. The van der Waals surface area contributed by atoms with Gasteiger partial charge in [-0.1, -0.05) is 15.9 Å². The molecule has 3 N–H and O–H groups in total. The molecule has 0 aliphatic carbocycles. The van der Waals surface area contributed by atoms with Crippen LogP contribution in [0.2, 0.25) is 0 Å². The topological polar surface area (TPSA) is 72.2 Å². The summed E-state index contributed by atoms with van der Waals surface area (Å²) in [7, 11) is 0. The summed E-state index contributed by atoms with van der Waals surface area (Å²) in [6, 6.07) is 7.02. The van der Waals surface area contributed by atoms with Crippen molar-refractivity contribution in [1.82, 2.24) is 0 Å². The van der Waals surface area contributed by atoms with E-state index < -0.39 is 5.91 Å². The smallest absolute Gasteiger partial charge is 0.257 e. The van der Waals surface area contributed by atoms with Crippen LogP contribution in [0.15, 0.2) is 34.1 Å². The van der Waals surface area contributed by atoms with Gasteiger partial charge in [0.2, 0.25) is 0 Å². The summed E-state index contributed by atoms with van der Waals surface area (Å²) in [5, 5.41) is 4.89. The molecule has 4 nitrogen and oxygen atoms in total. The number of anilines is 1. The fraction of sp³-hybridized carbons (Fsp3) is 0. The molecule has 19 heavy (non-hydrogen) atoms. The van der Waals surface area contributed by atoms with Crippen LogP contribution >= 0.6 is 49.9 Å². The molecule has 0 bridgehead atoms. The monoisotopic (exact) mass is 450 g/mol. The Hall–Kier alpha value is -0.930. The lowest BCUT2D eigenvalue weighted by atomic mass is 10.2. The Kier molecular flexibility index (Phi) is 4.58. The number of thiophene rings is 1. The zero-order valence-electron chi connectivity index (χ0n) is 9.44. The zero-order chi connectivity index (χ0) is 14.0. The molecule has 7 heteroatoms. The van der Waals surface area contributed by atoms with Gasteiger partial charge in [-0.25, -0.2) is 0 Å². The van der Waals surface area contributed by atoms with Gasteiger partial charge in [-0.3, -0.25) is 9.59 Å². The first-order valence-corrected chi connectivity index (χ1v) is 7.88.